The third-order valence-electron chi connectivity index (χ3n) is 11.1. The first kappa shape index (κ1) is 41.5. The van der Waals surface area contributed by atoms with E-state index in [9.17, 15) is 9.59 Å². The Balaban J connectivity index is 0.000000162. The number of carbonyl (C=O) groups is 2. The molecule has 2 saturated heterocycles. The van der Waals surface area contributed by atoms with E-state index in [0.29, 0.717) is 45.6 Å². The molecule has 16 nitrogen and oxygen atoms in total. The Bertz CT molecular complexity index is 2660. The van der Waals surface area contributed by atoms with Gasteiger partial charge in [0.15, 0.2) is 0 Å². The first-order chi connectivity index (χ1) is 31.4. The minimum Gasteiger partial charge on any atom is -0.495 e. The van der Waals surface area contributed by atoms with Crippen LogP contribution in [0, 0.1) is 0 Å². The molecule has 16 heteroatoms. The Kier molecular flexibility index (Phi) is 12.4. The van der Waals surface area contributed by atoms with Crippen molar-refractivity contribution in [2.75, 3.05) is 51.0 Å². The van der Waals surface area contributed by atoms with Gasteiger partial charge in [-0.2, -0.15) is 0 Å². The lowest BCUT2D eigenvalue weighted by molar-refractivity contribution is 0.0931. The summed E-state index contributed by atoms with van der Waals surface area (Å²) in [6, 6.07) is 31.2. The zero-order chi connectivity index (χ0) is 43.8. The van der Waals surface area contributed by atoms with Gasteiger partial charge in [-0.1, -0.05) is 36.4 Å². The van der Waals surface area contributed by atoms with Gasteiger partial charge in [0.25, 0.3) is 11.8 Å². The fourth-order valence-electron chi connectivity index (χ4n) is 7.78. The van der Waals surface area contributed by atoms with Gasteiger partial charge in [0.2, 0.25) is 0 Å². The number of rotatable bonds is 12. The number of fused-ring (bicyclic) bond motifs is 2. The minimum atomic E-state index is -0.107. The second-order valence-corrected chi connectivity index (χ2v) is 15.5. The number of aromatic amines is 2. The molecule has 64 heavy (non-hydrogen) atoms. The molecule has 0 saturated carbocycles. The van der Waals surface area contributed by atoms with Gasteiger partial charge in [-0.25, -0.2) is 9.97 Å². The van der Waals surface area contributed by atoms with E-state index in [2.05, 4.69) is 86.1 Å². The fraction of sp³-hybridized carbons (Fsp3) is 0.208. The van der Waals surface area contributed by atoms with Gasteiger partial charge >= 0.3 is 0 Å². The summed E-state index contributed by atoms with van der Waals surface area (Å²) in [5.41, 5.74) is 7.85. The van der Waals surface area contributed by atoms with E-state index < -0.39 is 0 Å². The molecule has 8 aromatic rings. The number of methoxy groups -OCH3 is 2. The van der Waals surface area contributed by atoms with E-state index in [1.807, 2.05) is 48.5 Å². The summed E-state index contributed by atoms with van der Waals surface area (Å²) in [6.45, 7) is 3.45. The molecule has 2 amide bonds. The van der Waals surface area contributed by atoms with Gasteiger partial charge < -0.3 is 51.3 Å². The van der Waals surface area contributed by atoms with Crippen LogP contribution in [0.2, 0.25) is 0 Å². The van der Waals surface area contributed by atoms with Crippen molar-refractivity contribution < 1.29 is 19.1 Å². The lowest BCUT2D eigenvalue weighted by Gasteiger charge is -2.14. The summed E-state index contributed by atoms with van der Waals surface area (Å²) in [4.78, 5) is 49.9. The molecule has 4 aromatic heterocycles. The Morgan fingerprint density at radius 3 is 1.44 bits per heavy atom. The Labute approximate surface area is 369 Å². The van der Waals surface area contributed by atoms with Crippen molar-refractivity contribution in [3.05, 3.63) is 133 Å². The molecule has 0 bridgehead atoms. The number of ether oxygens (including phenoxy) is 2. The number of para-hydroxylation sites is 2. The van der Waals surface area contributed by atoms with Crippen molar-refractivity contribution in [1.29, 1.82) is 0 Å². The highest BCUT2D eigenvalue weighted by molar-refractivity contribution is 5.96. The molecule has 0 aliphatic carbocycles. The minimum absolute atomic E-state index is 0.107. The number of anilines is 4. The second-order valence-electron chi connectivity index (χ2n) is 15.5. The van der Waals surface area contributed by atoms with E-state index in [1.165, 1.54) is 0 Å². The van der Waals surface area contributed by atoms with Gasteiger partial charge in [0.05, 0.1) is 61.8 Å². The molecule has 2 aliphatic rings. The molecular weight excluding hydrogens is 809 g/mol. The van der Waals surface area contributed by atoms with Crippen LogP contribution in [0.15, 0.2) is 122 Å². The molecule has 2 aliphatic heterocycles. The maximum absolute atomic E-state index is 12.6. The molecule has 0 radical (unpaired) electrons. The first-order valence-corrected chi connectivity index (χ1v) is 21.1. The first-order valence-electron chi connectivity index (χ1n) is 21.1. The van der Waals surface area contributed by atoms with E-state index in [4.69, 9.17) is 9.47 Å². The summed E-state index contributed by atoms with van der Waals surface area (Å²) in [6.07, 6.45) is 8.62. The lowest BCUT2D eigenvalue weighted by atomic mass is 10.1. The van der Waals surface area contributed by atoms with Gasteiger partial charge in [-0.15, -0.1) is 0 Å². The second kappa shape index (κ2) is 19.1. The van der Waals surface area contributed by atoms with Crippen LogP contribution in [0.4, 0.5) is 23.0 Å². The quantitative estimate of drug-likeness (QED) is 0.0629. The maximum atomic E-state index is 12.6. The van der Waals surface area contributed by atoms with Crippen LogP contribution >= 0.6 is 0 Å². The van der Waals surface area contributed by atoms with Crippen molar-refractivity contribution in [2.24, 2.45) is 0 Å². The number of amides is 2. The van der Waals surface area contributed by atoms with E-state index in [-0.39, 0.29) is 23.9 Å². The van der Waals surface area contributed by atoms with Gasteiger partial charge in [-0.05, 0) is 86.6 Å². The normalized spacial score (nSPS) is 15.6. The summed E-state index contributed by atoms with van der Waals surface area (Å²) < 4.78 is 11.0. The highest BCUT2D eigenvalue weighted by atomic mass is 16.5. The zero-order valence-corrected chi connectivity index (χ0v) is 35.4. The largest absolute Gasteiger partial charge is 0.495 e. The molecule has 10 rings (SSSR count). The number of benzene rings is 4. The third kappa shape index (κ3) is 9.62. The van der Waals surface area contributed by atoms with Crippen LogP contribution in [0.1, 0.15) is 33.6 Å². The predicted octanol–water partition coefficient (Wildman–Crippen LogP) is 6.94. The molecule has 6 heterocycles. The number of hydrogen-bond acceptors (Lipinski definition) is 12. The lowest BCUT2D eigenvalue weighted by Crippen LogP contribution is -2.36. The number of nitrogens with zero attached hydrogens (tertiary/aromatic N) is 4. The van der Waals surface area contributed by atoms with Crippen molar-refractivity contribution in [1.82, 2.24) is 51.2 Å². The van der Waals surface area contributed by atoms with E-state index in [1.54, 1.807) is 63.3 Å². The number of aromatic nitrogens is 6. The smallest absolute Gasteiger partial charge is 0.251 e. The van der Waals surface area contributed by atoms with Crippen LogP contribution in [0.3, 0.4) is 0 Å². The van der Waals surface area contributed by atoms with E-state index >= 15 is 0 Å². The Morgan fingerprint density at radius 1 is 0.578 bits per heavy atom. The topological polar surface area (TPSA) is 208 Å². The summed E-state index contributed by atoms with van der Waals surface area (Å²) in [5.74, 6) is 2.05. The van der Waals surface area contributed by atoms with Crippen LogP contribution in [-0.4, -0.2) is 94.2 Å². The number of H-pyrrole nitrogens is 2. The fourth-order valence-corrected chi connectivity index (χ4v) is 7.78. The Morgan fingerprint density at radius 2 is 1.03 bits per heavy atom. The molecule has 0 unspecified atom stereocenters. The maximum Gasteiger partial charge on any atom is 0.251 e. The number of hydrogen-bond donors (Lipinski definition) is 8. The van der Waals surface area contributed by atoms with Crippen LogP contribution < -0.4 is 41.4 Å². The SMILES string of the molecule is COc1cc(C(=O)N[C@@H]2CCNC2)ccc1Nc1cncc(-c2cc3ccccc3[nH]2)n1.COc1cc(C(=O)N[C@H]2CCNC2)ccc1Nc1cncc(-c2cc3ccccc3[nH]2)n1. The van der Waals surface area contributed by atoms with Gasteiger partial charge in [0, 0.05) is 58.1 Å². The van der Waals surface area contributed by atoms with E-state index in [0.717, 1.165) is 83.6 Å². The molecule has 324 valence electrons. The van der Waals surface area contributed by atoms with Crippen LogP contribution in [0.25, 0.3) is 44.6 Å². The molecule has 2 fully saturated rings. The molecule has 8 N–H and O–H groups in total. The van der Waals surface area contributed by atoms with Gasteiger partial charge in [-0.3, -0.25) is 19.6 Å². The predicted molar refractivity (Wildman–Crippen MR) is 249 cm³/mol. The zero-order valence-electron chi connectivity index (χ0n) is 35.4. The highest BCUT2D eigenvalue weighted by Gasteiger charge is 2.20. The third-order valence-corrected chi connectivity index (χ3v) is 11.1. The molecule has 4 aromatic carbocycles. The molecular formula is C48H48N12O4. The van der Waals surface area contributed by atoms with Crippen LogP contribution in [0.5, 0.6) is 11.5 Å². The molecule has 0 spiro atoms. The summed E-state index contributed by atoms with van der Waals surface area (Å²) >= 11 is 0. The monoisotopic (exact) mass is 856 g/mol. The average Bonchev–Trinajstić information content (AvgIpc) is 4.18. The average molecular weight is 857 g/mol. The van der Waals surface area contributed by atoms with Crippen molar-refractivity contribution in [2.45, 2.75) is 24.9 Å². The van der Waals surface area contributed by atoms with Crippen molar-refractivity contribution >= 4 is 56.6 Å². The van der Waals surface area contributed by atoms with Crippen molar-refractivity contribution in [3.63, 3.8) is 0 Å². The standard InChI is InChI=1S/2C24H24N6O2/c2*1-32-22-11-16(24(31)27-17-8-9-25-12-17)6-7-19(22)29-23-14-26-13-21(30-23)20-10-15-4-2-3-5-18(15)28-20/h2*2-7,10-11,13-14,17,25,28H,8-9,12H2,1H3,(H,27,31)(H,29,30)/t2*17-/m10/s1. The summed E-state index contributed by atoms with van der Waals surface area (Å²) in [5, 5.41) is 21.3. The highest BCUT2D eigenvalue weighted by Crippen LogP contribution is 2.31. The van der Waals surface area contributed by atoms with Crippen LogP contribution in [-0.2, 0) is 0 Å². The number of carbonyl (C=O) groups excluding carboxylic acids is 2. The number of nitrogens with one attached hydrogen (secondary N) is 8. The Hall–Kier alpha value is -7.82. The summed E-state index contributed by atoms with van der Waals surface area (Å²) in [7, 11) is 3.16. The molecule has 2 atom stereocenters. The van der Waals surface area contributed by atoms with Gasteiger partial charge in [0.1, 0.15) is 34.5 Å². The van der Waals surface area contributed by atoms with Crippen molar-refractivity contribution in [3.8, 4) is 34.3 Å².